The van der Waals surface area contributed by atoms with Crippen LogP contribution in [-0.4, -0.2) is 25.0 Å². The van der Waals surface area contributed by atoms with Crippen molar-refractivity contribution in [2.75, 3.05) is 19.0 Å². The summed E-state index contributed by atoms with van der Waals surface area (Å²) in [6, 6.07) is 16.4. The Morgan fingerprint density at radius 2 is 1.88 bits per heavy atom. The quantitative estimate of drug-likeness (QED) is 0.776. The Morgan fingerprint density at radius 3 is 2.67 bits per heavy atom. The molecule has 2 N–H and O–H groups in total. The van der Waals surface area contributed by atoms with Crippen molar-refractivity contribution in [3.8, 4) is 0 Å². The maximum Gasteiger partial charge on any atom is 0.268 e. The molecule has 0 spiro atoms. The number of benzene rings is 2. The van der Waals surface area contributed by atoms with E-state index in [1.165, 1.54) is 6.07 Å². The fourth-order valence-electron chi connectivity index (χ4n) is 2.54. The van der Waals surface area contributed by atoms with Crippen LogP contribution in [0.25, 0.3) is 10.9 Å². The molecule has 5 nitrogen and oxygen atoms in total. The number of hydrogen-bond acceptors (Lipinski definition) is 3. The minimum absolute atomic E-state index is 0.163. The molecule has 0 bridgehead atoms. The van der Waals surface area contributed by atoms with Gasteiger partial charge in [-0.1, -0.05) is 24.3 Å². The summed E-state index contributed by atoms with van der Waals surface area (Å²) in [7, 11) is 3.94. The molecule has 24 heavy (non-hydrogen) atoms. The summed E-state index contributed by atoms with van der Waals surface area (Å²) < 4.78 is 0. The van der Waals surface area contributed by atoms with E-state index < -0.39 is 0 Å². The van der Waals surface area contributed by atoms with Gasteiger partial charge in [-0.2, -0.15) is 0 Å². The van der Waals surface area contributed by atoms with Gasteiger partial charge in [0.1, 0.15) is 5.69 Å². The summed E-state index contributed by atoms with van der Waals surface area (Å²) in [5.74, 6) is -0.298. The lowest BCUT2D eigenvalue weighted by Crippen LogP contribution is -2.25. The second-order valence-corrected chi connectivity index (χ2v) is 5.84. The molecule has 0 aliphatic heterocycles. The first-order valence-electron chi connectivity index (χ1n) is 7.71. The largest absolute Gasteiger partial charge is 0.378 e. The van der Waals surface area contributed by atoms with Gasteiger partial charge in [0.15, 0.2) is 5.43 Å². The number of aromatic amines is 1. The number of carbonyl (C=O) groups excluding carboxylic acids is 1. The number of pyridine rings is 1. The Hall–Kier alpha value is -3.08. The molecular weight excluding hydrogens is 302 g/mol. The van der Waals surface area contributed by atoms with Crippen molar-refractivity contribution in [3.05, 3.63) is 76.1 Å². The van der Waals surface area contributed by atoms with Gasteiger partial charge in [-0.25, -0.2) is 0 Å². The van der Waals surface area contributed by atoms with E-state index in [1.54, 1.807) is 18.2 Å². The molecule has 2 aromatic carbocycles. The van der Waals surface area contributed by atoms with E-state index >= 15 is 0 Å². The van der Waals surface area contributed by atoms with Gasteiger partial charge < -0.3 is 15.2 Å². The molecule has 5 heteroatoms. The van der Waals surface area contributed by atoms with Crippen molar-refractivity contribution in [3.63, 3.8) is 0 Å². The minimum atomic E-state index is -0.298. The molecule has 0 aliphatic rings. The van der Waals surface area contributed by atoms with Crippen molar-refractivity contribution in [2.24, 2.45) is 0 Å². The maximum atomic E-state index is 12.3. The molecule has 0 fully saturated rings. The number of fused-ring (bicyclic) bond motifs is 1. The monoisotopic (exact) mass is 321 g/mol. The maximum absolute atomic E-state index is 12.3. The molecule has 0 unspecified atom stereocenters. The van der Waals surface area contributed by atoms with Gasteiger partial charge in [0.05, 0.1) is 0 Å². The van der Waals surface area contributed by atoms with Crippen molar-refractivity contribution in [1.29, 1.82) is 0 Å². The lowest BCUT2D eigenvalue weighted by Gasteiger charge is -2.14. The molecule has 0 aliphatic carbocycles. The van der Waals surface area contributed by atoms with E-state index in [1.807, 2.05) is 49.3 Å². The number of nitrogens with one attached hydrogen (secondary N) is 2. The number of aromatic nitrogens is 1. The number of hydrogen-bond donors (Lipinski definition) is 2. The van der Waals surface area contributed by atoms with Crippen LogP contribution in [0.2, 0.25) is 0 Å². The molecule has 1 aromatic heterocycles. The summed E-state index contributed by atoms with van der Waals surface area (Å²) in [6.45, 7) is 0.398. The van der Waals surface area contributed by atoms with Crippen molar-refractivity contribution >= 4 is 22.5 Å². The number of para-hydroxylation sites is 1. The van der Waals surface area contributed by atoms with Crippen LogP contribution < -0.4 is 15.6 Å². The molecule has 1 amide bonds. The summed E-state index contributed by atoms with van der Waals surface area (Å²) >= 11 is 0. The van der Waals surface area contributed by atoms with Crippen LogP contribution in [0.5, 0.6) is 0 Å². The van der Waals surface area contributed by atoms with Gasteiger partial charge >= 0.3 is 0 Å². The minimum Gasteiger partial charge on any atom is -0.378 e. The number of anilines is 1. The van der Waals surface area contributed by atoms with E-state index in [0.717, 1.165) is 11.3 Å². The van der Waals surface area contributed by atoms with E-state index in [9.17, 15) is 9.59 Å². The summed E-state index contributed by atoms with van der Waals surface area (Å²) in [5, 5.41) is 3.42. The standard InChI is InChI=1S/C19H19N3O2/c1-22(2)14-7-5-6-13(10-14)12-20-19(24)17-11-18(23)15-8-3-4-9-16(15)21-17/h3-11H,12H2,1-2H3,(H,20,24)(H,21,23). The van der Waals surface area contributed by atoms with Crippen LogP contribution in [0, 0.1) is 0 Å². The third-order valence-corrected chi connectivity index (χ3v) is 3.86. The number of carbonyl (C=O) groups is 1. The van der Waals surface area contributed by atoms with E-state index in [-0.39, 0.29) is 17.0 Å². The Balaban J connectivity index is 1.78. The van der Waals surface area contributed by atoms with Gasteiger partial charge in [-0.3, -0.25) is 9.59 Å². The highest BCUT2D eigenvalue weighted by Gasteiger charge is 2.09. The summed E-state index contributed by atoms with van der Waals surface area (Å²) in [4.78, 5) is 29.5. The highest BCUT2D eigenvalue weighted by molar-refractivity contribution is 5.94. The van der Waals surface area contributed by atoms with Crippen molar-refractivity contribution < 1.29 is 4.79 Å². The number of amides is 1. The summed E-state index contributed by atoms with van der Waals surface area (Å²) in [5.41, 5.74) is 2.83. The first-order chi connectivity index (χ1) is 11.5. The molecule has 0 radical (unpaired) electrons. The predicted octanol–water partition coefficient (Wildman–Crippen LogP) is 2.52. The van der Waals surface area contributed by atoms with Crippen LogP contribution in [0.4, 0.5) is 5.69 Å². The van der Waals surface area contributed by atoms with Crippen LogP contribution in [0.3, 0.4) is 0 Å². The molecule has 3 rings (SSSR count). The Morgan fingerprint density at radius 1 is 1.08 bits per heavy atom. The van der Waals surface area contributed by atoms with Crippen molar-refractivity contribution in [2.45, 2.75) is 6.54 Å². The predicted molar refractivity (Wildman–Crippen MR) is 96.5 cm³/mol. The van der Waals surface area contributed by atoms with Crippen LogP contribution in [-0.2, 0) is 6.54 Å². The van der Waals surface area contributed by atoms with Gasteiger partial charge in [-0.15, -0.1) is 0 Å². The van der Waals surface area contributed by atoms with Crippen LogP contribution in [0.1, 0.15) is 16.1 Å². The average molecular weight is 321 g/mol. The third-order valence-electron chi connectivity index (χ3n) is 3.86. The first kappa shape index (κ1) is 15.8. The lowest BCUT2D eigenvalue weighted by atomic mass is 10.1. The van der Waals surface area contributed by atoms with E-state index in [4.69, 9.17) is 0 Å². The van der Waals surface area contributed by atoms with Gasteiger partial charge in [0, 0.05) is 43.3 Å². The Kier molecular flexibility index (Phi) is 4.33. The highest BCUT2D eigenvalue weighted by Crippen LogP contribution is 2.13. The zero-order valence-electron chi connectivity index (χ0n) is 13.7. The number of rotatable bonds is 4. The first-order valence-corrected chi connectivity index (χ1v) is 7.71. The zero-order chi connectivity index (χ0) is 17.1. The normalized spacial score (nSPS) is 10.6. The van der Waals surface area contributed by atoms with Crippen molar-refractivity contribution in [1.82, 2.24) is 10.3 Å². The molecular formula is C19H19N3O2. The highest BCUT2D eigenvalue weighted by atomic mass is 16.2. The topological polar surface area (TPSA) is 65.2 Å². The second-order valence-electron chi connectivity index (χ2n) is 5.84. The third kappa shape index (κ3) is 3.30. The fourth-order valence-corrected chi connectivity index (χ4v) is 2.54. The molecule has 0 atom stereocenters. The molecule has 122 valence electrons. The van der Waals surface area contributed by atoms with E-state index in [2.05, 4.69) is 10.3 Å². The fraction of sp³-hybridized carbons (Fsp3) is 0.158. The van der Waals surface area contributed by atoms with Gasteiger partial charge in [0.25, 0.3) is 5.91 Å². The van der Waals surface area contributed by atoms with Crippen LogP contribution >= 0.6 is 0 Å². The molecule has 0 saturated heterocycles. The smallest absolute Gasteiger partial charge is 0.268 e. The van der Waals surface area contributed by atoms with Gasteiger partial charge in [-0.05, 0) is 29.8 Å². The molecule has 1 heterocycles. The molecule has 0 saturated carbocycles. The van der Waals surface area contributed by atoms with Crippen LogP contribution in [0.15, 0.2) is 59.4 Å². The Labute approximate surface area is 139 Å². The zero-order valence-corrected chi connectivity index (χ0v) is 13.7. The lowest BCUT2D eigenvalue weighted by molar-refractivity contribution is 0.0946. The SMILES string of the molecule is CN(C)c1cccc(CNC(=O)c2cc(=O)c3ccccc3[nH]2)c1. The van der Waals surface area contributed by atoms with E-state index in [0.29, 0.717) is 17.4 Å². The summed E-state index contributed by atoms with van der Waals surface area (Å²) in [6.07, 6.45) is 0. The average Bonchev–Trinajstić information content (AvgIpc) is 2.60. The second kappa shape index (κ2) is 6.58. The molecule has 3 aromatic rings. The number of H-pyrrole nitrogens is 1. The van der Waals surface area contributed by atoms with Gasteiger partial charge in [0.2, 0.25) is 0 Å². The number of nitrogens with zero attached hydrogens (tertiary/aromatic N) is 1. The Bertz CT molecular complexity index is 944.